The van der Waals surface area contributed by atoms with Crippen molar-refractivity contribution in [1.82, 2.24) is 4.90 Å². The molecule has 3 nitrogen and oxygen atoms in total. The van der Waals surface area contributed by atoms with Gasteiger partial charge in [0.1, 0.15) is 0 Å². The van der Waals surface area contributed by atoms with Crippen LogP contribution in [0.25, 0.3) is 0 Å². The summed E-state index contributed by atoms with van der Waals surface area (Å²) < 4.78 is 0. The van der Waals surface area contributed by atoms with Crippen molar-refractivity contribution in [3.63, 3.8) is 0 Å². The van der Waals surface area contributed by atoms with Crippen molar-refractivity contribution in [2.24, 2.45) is 11.1 Å². The summed E-state index contributed by atoms with van der Waals surface area (Å²) in [5, 5.41) is 9.64. The zero-order chi connectivity index (χ0) is 12.8. The summed E-state index contributed by atoms with van der Waals surface area (Å²) in [6, 6.07) is 10.5. The summed E-state index contributed by atoms with van der Waals surface area (Å²) in [6.07, 6.45) is 3.42. The van der Waals surface area contributed by atoms with Gasteiger partial charge >= 0.3 is 0 Å². The van der Waals surface area contributed by atoms with Crippen LogP contribution in [0.2, 0.25) is 0 Å². The molecule has 0 aromatic heterocycles. The number of hydrogen-bond acceptors (Lipinski definition) is 3. The molecule has 0 saturated carbocycles. The molecule has 0 spiro atoms. The normalized spacial score (nSPS) is 25.9. The van der Waals surface area contributed by atoms with Gasteiger partial charge in [0, 0.05) is 25.0 Å². The lowest BCUT2D eigenvalue weighted by atomic mass is 9.84. The third-order valence-corrected chi connectivity index (χ3v) is 4.01. The molecule has 100 valence electrons. The highest BCUT2D eigenvalue weighted by Crippen LogP contribution is 2.28. The predicted octanol–water partition coefficient (Wildman–Crippen LogP) is 1.61. The summed E-state index contributed by atoms with van der Waals surface area (Å²) in [5.74, 6) is 0. The van der Waals surface area contributed by atoms with Crippen molar-refractivity contribution < 1.29 is 5.11 Å². The molecule has 1 aliphatic rings. The van der Waals surface area contributed by atoms with E-state index >= 15 is 0 Å². The summed E-state index contributed by atoms with van der Waals surface area (Å²) in [4.78, 5) is 2.44. The minimum atomic E-state index is -0.0920. The van der Waals surface area contributed by atoms with Gasteiger partial charge in [0.25, 0.3) is 0 Å². The lowest BCUT2D eigenvalue weighted by Gasteiger charge is -2.33. The molecule has 1 aromatic carbocycles. The molecule has 1 saturated heterocycles. The van der Waals surface area contributed by atoms with Gasteiger partial charge in [-0.1, -0.05) is 36.8 Å². The minimum absolute atomic E-state index is 0.0920. The summed E-state index contributed by atoms with van der Waals surface area (Å²) >= 11 is 0. The van der Waals surface area contributed by atoms with Gasteiger partial charge in [0.05, 0.1) is 6.61 Å². The van der Waals surface area contributed by atoms with E-state index in [4.69, 9.17) is 5.73 Å². The van der Waals surface area contributed by atoms with Gasteiger partial charge in [-0.25, -0.2) is 0 Å². The molecule has 1 unspecified atom stereocenters. The molecule has 0 amide bonds. The van der Waals surface area contributed by atoms with Crippen LogP contribution in [0.15, 0.2) is 30.3 Å². The first-order valence-corrected chi connectivity index (χ1v) is 6.85. The highest BCUT2D eigenvalue weighted by Gasteiger charge is 2.32. The average molecular weight is 248 g/mol. The Labute approximate surface area is 110 Å². The van der Waals surface area contributed by atoms with Gasteiger partial charge in [0.2, 0.25) is 0 Å². The maximum absolute atomic E-state index is 9.64. The maximum atomic E-state index is 9.64. The van der Waals surface area contributed by atoms with Gasteiger partial charge in [-0.2, -0.15) is 0 Å². The summed E-state index contributed by atoms with van der Waals surface area (Å²) in [5.41, 5.74) is 7.13. The van der Waals surface area contributed by atoms with E-state index in [0.717, 1.165) is 26.1 Å². The van der Waals surface area contributed by atoms with Crippen LogP contribution in [-0.2, 0) is 6.54 Å². The Bertz CT molecular complexity index is 349. The van der Waals surface area contributed by atoms with E-state index in [0.29, 0.717) is 6.54 Å². The van der Waals surface area contributed by atoms with Crippen molar-refractivity contribution in [2.75, 3.05) is 26.2 Å². The zero-order valence-corrected chi connectivity index (χ0v) is 11.0. The highest BCUT2D eigenvalue weighted by atomic mass is 16.3. The molecule has 2 rings (SSSR count). The van der Waals surface area contributed by atoms with Crippen LogP contribution in [0.4, 0.5) is 0 Å². The Morgan fingerprint density at radius 1 is 1.22 bits per heavy atom. The molecule has 1 fully saturated rings. The molecule has 0 radical (unpaired) electrons. The first-order valence-electron chi connectivity index (χ1n) is 6.85. The molecule has 0 bridgehead atoms. The molecular weight excluding hydrogens is 224 g/mol. The Morgan fingerprint density at radius 2 is 2.00 bits per heavy atom. The first kappa shape index (κ1) is 13.5. The van der Waals surface area contributed by atoms with E-state index in [9.17, 15) is 5.11 Å². The van der Waals surface area contributed by atoms with Gasteiger partial charge in [-0.3, -0.25) is 4.90 Å². The number of hydrogen-bond donors (Lipinski definition) is 2. The summed E-state index contributed by atoms with van der Waals surface area (Å²) in [7, 11) is 0. The second-order valence-corrected chi connectivity index (χ2v) is 5.52. The molecule has 0 aliphatic carbocycles. The molecular formula is C15H24N2O. The van der Waals surface area contributed by atoms with Crippen molar-refractivity contribution >= 4 is 0 Å². The maximum Gasteiger partial charge on any atom is 0.0511 e. The van der Waals surface area contributed by atoms with E-state index in [1.165, 1.54) is 18.4 Å². The van der Waals surface area contributed by atoms with Crippen LogP contribution in [0.1, 0.15) is 24.8 Å². The van der Waals surface area contributed by atoms with Crippen LogP contribution < -0.4 is 5.73 Å². The molecule has 1 aliphatic heterocycles. The second kappa shape index (κ2) is 6.32. The molecule has 1 atom stereocenters. The fourth-order valence-corrected chi connectivity index (χ4v) is 2.80. The van der Waals surface area contributed by atoms with E-state index in [1.807, 2.05) is 6.07 Å². The third-order valence-electron chi connectivity index (χ3n) is 4.01. The van der Waals surface area contributed by atoms with E-state index < -0.39 is 0 Å². The first-order chi connectivity index (χ1) is 8.78. The fourth-order valence-electron chi connectivity index (χ4n) is 2.80. The van der Waals surface area contributed by atoms with Crippen molar-refractivity contribution in [1.29, 1.82) is 0 Å². The Hall–Kier alpha value is -0.900. The smallest absolute Gasteiger partial charge is 0.0511 e. The number of aliphatic hydroxyl groups is 1. The van der Waals surface area contributed by atoms with Crippen LogP contribution in [0.3, 0.4) is 0 Å². The van der Waals surface area contributed by atoms with Gasteiger partial charge in [-0.05, 0) is 24.9 Å². The van der Waals surface area contributed by atoms with E-state index in [-0.39, 0.29) is 12.0 Å². The number of nitrogens with zero attached hydrogens (tertiary/aromatic N) is 1. The van der Waals surface area contributed by atoms with Gasteiger partial charge in [0.15, 0.2) is 0 Å². The number of rotatable bonds is 4. The molecule has 3 heteroatoms. The van der Waals surface area contributed by atoms with E-state index in [2.05, 4.69) is 29.2 Å². The largest absolute Gasteiger partial charge is 0.396 e. The third kappa shape index (κ3) is 3.31. The Morgan fingerprint density at radius 3 is 2.67 bits per heavy atom. The number of benzene rings is 1. The number of nitrogens with two attached hydrogens (primary N) is 1. The second-order valence-electron chi connectivity index (χ2n) is 5.52. The average Bonchev–Trinajstić information content (AvgIpc) is 2.63. The zero-order valence-electron chi connectivity index (χ0n) is 11.0. The van der Waals surface area contributed by atoms with Crippen LogP contribution in [0.5, 0.6) is 0 Å². The lowest BCUT2D eigenvalue weighted by molar-refractivity contribution is 0.0832. The topological polar surface area (TPSA) is 49.5 Å². The summed E-state index contributed by atoms with van der Waals surface area (Å²) in [6.45, 7) is 3.76. The van der Waals surface area contributed by atoms with Crippen LogP contribution >= 0.6 is 0 Å². The Kier molecular flexibility index (Phi) is 4.75. The monoisotopic (exact) mass is 248 g/mol. The standard InChI is InChI=1S/C15H24N2O/c16-11-15(13-18)8-4-5-9-17(12-15)10-14-6-2-1-3-7-14/h1-3,6-7,18H,4-5,8-13,16H2. The Balaban J connectivity index is 2.03. The molecule has 1 aromatic rings. The lowest BCUT2D eigenvalue weighted by Crippen LogP contribution is -2.43. The molecule has 18 heavy (non-hydrogen) atoms. The number of likely N-dealkylation sites (tertiary alicyclic amines) is 1. The fraction of sp³-hybridized carbons (Fsp3) is 0.600. The highest BCUT2D eigenvalue weighted by molar-refractivity contribution is 5.14. The minimum Gasteiger partial charge on any atom is -0.396 e. The van der Waals surface area contributed by atoms with Crippen molar-refractivity contribution in [3.05, 3.63) is 35.9 Å². The van der Waals surface area contributed by atoms with Gasteiger partial charge in [-0.15, -0.1) is 0 Å². The quantitative estimate of drug-likeness (QED) is 0.851. The molecule has 3 N–H and O–H groups in total. The SMILES string of the molecule is NCC1(CO)CCCCN(Cc2ccccc2)C1. The van der Waals surface area contributed by atoms with Crippen molar-refractivity contribution in [3.8, 4) is 0 Å². The van der Waals surface area contributed by atoms with Crippen molar-refractivity contribution in [2.45, 2.75) is 25.8 Å². The predicted molar refractivity (Wildman–Crippen MR) is 74.1 cm³/mol. The van der Waals surface area contributed by atoms with Gasteiger partial charge < -0.3 is 10.8 Å². The molecule has 1 heterocycles. The number of aliphatic hydroxyl groups excluding tert-OH is 1. The van der Waals surface area contributed by atoms with Crippen LogP contribution in [-0.4, -0.2) is 36.2 Å². The van der Waals surface area contributed by atoms with Crippen LogP contribution in [0, 0.1) is 5.41 Å². The van der Waals surface area contributed by atoms with E-state index in [1.54, 1.807) is 0 Å².